The van der Waals surface area contributed by atoms with Gasteiger partial charge in [-0.2, -0.15) is 0 Å². The Morgan fingerprint density at radius 2 is 1.84 bits per heavy atom. The normalized spacial score (nSPS) is 13.4. The van der Waals surface area contributed by atoms with Gasteiger partial charge in [0.1, 0.15) is 11.5 Å². The van der Waals surface area contributed by atoms with E-state index in [0.29, 0.717) is 17.9 Å². The first-order chi connectivity index (χ1) is 8.54. The van der Waals surface area contributed by atoms with Crippen LogP contribution in [0.5, 0.6) is 11.5 Å². The molecule has 1 aromatic carbocycles. The predicted octanol–water partition coefficient (Wildman–Crippen LogP) is 3.05. The Kier molecular flexibility index (Phi) is 8.41. The second kappa shape index (κ2) is 8.64. The Morgan fingerprint density at radius 3 is 2.32 bits per heavy atom. The van der Waals surface area contributed by atoms with Gasteiger partial charge in [0.25, 0.3) is 0 Å². The molecule has 0 aliphatic heterocycles. The molecule has 3 N–H and O–H groups in total. The van der Waals surface area contributed by atoms with E-state index < -0.39 is 12.1 Å². The molecule has 19 heavy (non-hydrogen) atoms. The van der Waals surface area contributed by atoms with Crippen molar-refractivity contribution in [3.63, 3.8) is 0 Å². The number of hydrogen-bond donors (Lipinski definition) is 2. The lowest BCUT2D eigenvalue weighted by molar-refractivity contribution is 0.133. The Bertz CT molecular complexity index is 404. The van der Waals surface area contributed by atoms with Crippen molar-refractivity contribution in [1.82, 2.24) is 0 Å². The Balaban J connectivity index is 0.00000324. The SMILES string of the molecule is CCC[C@H](O)[C@H](N)c1cc(OC)c(Br)cc1OC.Cl. The maximum Gasteiger partial charge on any atom is 0.133 e. The average Bonchev–Trinajstić information content (AvgIpc) is 2.37. The molecule has 0 aliphatic carbocycles. The Hall–Kier alpha value is -0.490. The van der Waals surface area contributed by atoms with Crippen LogP contribution < -0.4 is 15.2 Å². The molecule has 0 spiro atoms. The number of aliphatic hydroxyl groups excluding tert-OH is 1. The van der Waals surface area contributed by atoms with Crippen LogP contribution in [0.2, 0.25) is 0 Å². The van der Waals surface area contributed by atoms with Gasteiger partial charge >= 0.3 is 0 Å². The summed E-state index contributed by atoms with van der Waals surface area (Å²) in [5.41, 5.74) is 6.82. The highest BCUT2D eigenvalue weighted by molar-refractivity contribution is 9.10. The zero-order valence-electron chi connectivity index (χ0n) is 11.4. The van der Waals surface area contributed by atoms with Gasteiger partial charge in [-0.3, -0.25) is 0 Å². The van der Waals surface area contributed by atoms with Crippen molar-refractivity contribution < 1.29 is 14.6 Å². The maximum absolute atomic E-state index is 9.99. The molecule has 0 saturated carbocycles. The van der Waals surface area contributed by atoms with Crippen molar-refractivity contribution >= 4 is 28.3 Å². The molecule has 0 saturated heterocycles. The second-order valence-electron chi connectivity index (χ2n) is 4.11. The van der Waals surface area contributed by atoms with Crippen molar-refractivity contribution in [2.45, 2.75) is 31.9 Å². The van der Waals surface area contributed by atoms with Gasteiger partial charge in [0.2, 0.25) is 0 Å². The summed E-state index contributed by atoms with van der Waals surface area (Å²) < 4.78 is 11.3. The van der Waals surface area contributed by atoms with Gasteiger partial charge < -0.3 is 20.3 Å². The molecule has 110 valence electrons. The van der Waals surface area contributed by atoms with Crippen molar-refractivity contribution in [1.29, 1.82) is 0 Å². The summed E-state index contributed by atoms with van der Waals surface area (Å²) in [6, 6.07) is 3.11. The summed E-state index contributed by atoms with van der Waals surface area (Å²) in [5, 5.41) is 9.99. The zero-order valence-corrected chi connectivity index (χ0v) is 13.8. The Labute approximate surface area is 128 Å². The fourth-order valence-corrected chi connectivity index (χ4v) is 2.31. The van der Waals surface area contributed by atoms with E-state index >= 15 is 0 Å². The third kappa shape index (κ3) is 4.53. The number of hydrogen-bond acceptors (Lipinski definition) is 4. The molecular weight excluding hydrogens is 334 g/mol. The van der Waals surface area contributed by atoms with Crippen LogP contribution in [0.25, 0.3) is 0 Å². The van der Waals surface area contributed by atoms with E-state index in [2.05, 4.69) is 15.9 Å². The molecule has 0 aliphatic rings. The lowest BCUT2D eigenvalue weighted by atomic mass is 9.98. The first kappa shape index (κ1) is 18.5. The number of rotatable bonds is 6. The molecular formula is C13H21BrClNO3. The number of nitrogens with two attached hydrogens (primary N) is 1. The molecule has 1 rings (SSSR count). The number of ether oxygens (including phenoxy) is 2. The lowest BCUT2D eigenvalue weighted by Gasteiger charge is -2.22. The highest BCUT2D eigenvalue weighted by Crippen LogP contribution is 2.36. The summed E-state index contributed by atoms with van der Waals surface area (Å²) in [4.78, 5) is 0. The fraction of sp³-hybridized carbons (Fsp3) is 0.538. The number of halogens is 2. The van der Waals surface area contributed by atoms with Gasteiger partial charge in [-0.15, -0.1) is 12.4 Å². The van der Waals surface area contributed by atoms with Crippen LogP contribution in [-0.2, 0) is 0 Å². The number of methoxy groups -OCH3 is 2. The minimum absolute atomic E-state index is 0. The first-order valence-electron chi connectivity index (χ1n) is 5.90. The van der Waals surface area contributed by atoms with Gasteiger partial charge in [-0.1, -0.05) is 13.3 Å². The summed E-state index contributed by atoms with van der Waals surface area (Å²) in [5.74, 6) is 1.32. The molecule has 6 heteroatoms. The third-order valence-corrected chi connectivity index (χ3v) is 3.48. The zero-order chi connectivity index (χ0) is 13.7. The van der Waals surface area contributed by atoms with E-state index in [1.54, 1.807) is 26.4 Å². The summed E-state index contributed by atoms with van der Waals surface area (Å²) in [7, 11) is 3.17. The van der Waals surface area contributed by atoms with E-state index in [9.17, 15) is 5.11 Å². The monoisotopic (exact) mass is 353 g/mol. The van der Waals surface area contributed by atoms with Crippen molar-refractivity contribution in [3.8, 4) is 11.5 Å². The van der Waals surface area contributed by atoms with E-state index in [1.165, 1.54) is 0 Å². The fourth-order valence-electron chi connectivity index (χ4n) is 1.83. The van der Waals surface area contributed by atoms with E-state index in [4.69, 9.17) is 15.2 Å². The predicted molar refractivity (Wildman–Crippen MR) is 82.3 cm³/mol. The minimum atomic E-state index is -0.588. The van der Waals surface area contributed by atoms with E-state index in [-0.39, 0.29) is 12.4 Å². The van der Waals surface area contributed by atoms with Crippen LogP contribution in [0.4, 0.5) is 0 Å². The number of benzene rings is 1. The van der Waals surface area contributed by atoms with Crippen LogP contribution in [0, 0.1) is 0 Å². The molecule has 2 atom stereocenters. The molecule has 0 radical (unpaired) electrons. The topological polar surface area (TPSA) is 64.7 Å². The molecule has 1 aromatic rings. The van der Waals surface area contributed by atoms with Crippen molar-refractivity contribution in [2.24, 2.45) is 5.73 Å². The molecule has 0 aromatic heterocycles. The lowest BCUT2D eigenvalue weighted by Crippen LogP contribution is -2.26. The van der Waals surface area contributed by atoms with Gasteiger partial charge in [-0.05, 0) is 34.5 Å². The van der Waals surface area contributed by atoms with Gasteiger partial charge in [-0.25, -0.2) is 0 Å². The average molecular weight is 355 g/mol. The van der Waals surface area contributed by atoms with Gasteiger partial charge in [0.15, 0.2) is 0 Å². The number of aliphatic hydroxyl groups is 1. The smallest absolute Gasteiger partial charge is 0.133 e. The minimum Gasteiger partial charge on any atom is -0.496 e. The molecule has 0 unspecified atom stereocenters. The quantitative estimate of drug-likeness (QED) is 0.824. The molecule has 0 bridgehead atoms. The van der Waals surface area contributed by atoms with E-state index in [0.717, 1.165) is 16.5 Å². The highest BCUT2D eigenvalue weighted by atomic mass is 79.9. The third-order valence-electron chi connectivity index (χ3n) is 2.86. The molecule has 0 amide bonds. The van der Waals surface area contributed by atoms with Crippen molar-refractivity contribution in [3.05, 3.63) is 22.2 Å². The van der Waals surface area contributed by atoms with Gasteiger partial charge in [0.05, 0.1) is 30.8 Å². The first-order valence-corrected chi connectivity index (χ1v) is 6.69. The maximum atomic E-state index is 9.99. The van der Waals surface area contributed by atoms with Crippen molar-refractivity contribution in [2.75, 3.05) is 14.2 Å². The van der Waals surface area contributed by atoms with E-state index in [1.807, 2.05) is 6.92 Å². The van der Waals surface area contributed by atoms with Crippen LogP contribution in [0.15, 0.2) is 16.6 Å². The summed E-state index contributed by atoms with van der Waals surface area (Å²) in [6.07, 6.45) is 0.947. The molecule has 4 nitrogen and oxygen atoms in total. The summed E-state index contributed by atoms with van der Waals surface area (Å²) in [6.45, 7) is 2.01. The van der Waals surface area contributed by atoms with Gasteiger partial charge in [0, 0.05) is 5.56 Å². The standard InChI is InChI=1S/C13H20BrNO3.ClH/c1-4-5-10(16)13(15)8-6-12(18-3)9(14)7-11(8)17-2;/h6-7,10,13,16H,4-5,15H2,1-3H3;1H/t10-,13+;/m0./s1. The van der Waals surface area contributed by atoms with Crippen LogP contribution in [0.3, 0.4) is 0 Å². The second-order valence-corrected chi connectivity index (χ2v) is 4.96. The largest absolute Gasteiger partial charge is 0.496 e. The van der Waals surface area contributed by atoms with Crippen LogP contribution in [-0.4, -0.2) is 25.4 Å². The Morgan fingerprint density at radius 1 is 1.26 bits per heavy atom. The summed E-state index contributed by atoms with van der Waals surface area (Å²) >= 11 is 3.39. The molecule has 0 heterocycles. The van der Waals surface area contributed by atoms with Crippen LogP contribution >= 0.6 is 28.3 Å². The van der Waals surface area contributed by atoms with Crippen LogP contribution in [0.1, 0.15) is 31.4 Å². The molecule has 0 fully saturated rings. The highest BCUT2D eigenvalue weighted by Gasteiger charge is 2.21.